The van der Waals surface area contributed by atoms with Gasteiger partial charge in [-0.25, -0.2) is 4.98 Å². The summed E-state index contributed by atoms with van der Waals surface area (Å²) in [4.78, 5) is 6.47. The van der Waals surface area contributed by atoms with Crippen molar-refractivity contribution in [2.24, 2.45) is 0 Å². The molecular weight excluding hydrogens is 370 g/mol. The third-order valence-electron chi connectivity index (χ3n) is 5.01. The summed E-state index contributed by atoms with van der Waals surface area (Å²) in [5.41, 5.74) is 5.69. The van der Waals surface area contributed by atoms with Crippen molar-refractivity contribution in [3.63, 3.8) is 0 Å². The summed E-state index contributed by atoms with van der Waals surface area (Å²) in [6.07, 6.45) is 0. The number of aryl methyl sites for hydroxylation is 2. The van der Waals surface area contributed by atoms with Crippen molar-refractivity contribution in [3.8, 4) is 17.0 Å². The van der Waals surface area contributed by atoms with E-state index in [2.05, 4.69) is 32.0 Å². The van der Waals surface area contributed by atoms with Gasteiger partial charge in [-0.1, -0.05) is 12.1 Å². The van der Waals surface area contributed by atoms with Gasteiger partial charge in [0.2, 0.25) is 0 Å². The summed E-state index contributed by atoms with van der Waals surface area (Å²) < 4.78 is 5.19. The number of methoxy groups -OCH3 is 1. The van der Waals surface area contributed by atoms with E-state index >= 15 is 0 Å². The molecule has 0 spiro atoms. The number of ether oxygens (including phenoxy) is 1. The minimum absolute atomic E-state index is 0.168. The average molecular weight is 391 g/mol. The van der Waals surface area contributed by atoms with E-state index in [0.29, 0.717) is 10.6 Å². The molecule has 3 aromatic rings. The molecule has 0 unspecified atom stereocenters. The summed E-state index contributed by atoms with van der Waals surface area (Å²) >= 11 is 1.45. The molecule has 0 saturated carbocycles. The van der Waals surface area contributed by atoms with Crippen LogP contribution in [0.15, 0.2) is 53.6 Å². The number of aliphatic hydroxyl groups is 1. The van der Waals surface area contributed by atoms with E-state index in [9.17, 15) is 5.11 Å². The zero-order chi connectivity index (χ0) is 19.8. The smallest absolute Gasteiger partial charge is 0.139 e. The molecule has 28 heavy (non-hydrogen) atoms. The molecule has 0 radical (unpaired) electrons. The van der Waals surface area contributed by atoms with Crippen molar-refractivity contribution in [1.82, 2.24) is 4.98 Å². The van der Waals surface area contributed by atoms with Crippen molar-refractivity contribution < 1.29 is 9.84 Å². The molecule has 4 rings (SSSR count). The fourth-order valence-electron chi connectivity index (χ4n) is 3.21. The van der Waals surface area contributed by atoms with Crippen molar-refractivity contribution >= 4 is 28.4 Å². The van der Waals surface area contributed by atoms with Crippen LogP contribution >= 0.6 is 11.3 Å². The van der Waals surface area contributed by atoms with Crippen LogP contribution < -0.4 is 9.64 Å². The molecular formula is C22H21N3O2S. The van der Waals surface area contributed by atoms with E-state index in [4.69, 9.17) is 15.1 Å². The van der Waals surface area contributed by atoms with Gasteiger partial charge in [0.05, 0.1) is 24.9 Å². The maximum Gasteiger partial charge on any atom is 0.139 e. The SMILES string of the molecule is COc1ccc(N2CC(O)=C(c3nc(-c4ccc(C)c(C)c4)cs3)C2=N)cc1. The number of anilines is 1. The van der Waals surface area contributed by atoms with E-state index in [1.807, 2.05) is 29.6 Å². The lowest BCUT2D eigenvalue weighted by Gasteiger charge is -2.18. The molecule has 2 N–H and O–H groups in total. The zero-order valence-electron chi connectivity index (χ0n) is 16.0. The molecule has 0 amide bonds. The number of benzene rings is 2. The van der Waals surface area contributed by atoms with Crippen LogP contribution in [0.2, 0.25) is 0 Å². The Morgan fingerprint density at radius 1 is 1.11 bits per heavy atom. The van der Waals surface area contributed by atoms with Crippen LogP contribution in [-0.4, -0.2) is 29.6 Å². The molecule has 1 aromatic heterocycles. The molecule has 0 atom stereocenters. The Morgan fingerprint density at radius 3 is 2.54 bits per heavy atom. The number of aliphatic hydroxyl groups excluding tert-OH is 1. The Labute approximate surface area is 168 Å². The highest BCUT2D eigenvalue weighted by Crippen LogP contribution is 2.35. The highest BCUT2D eigenvalue weighted by Gasteiger charge is 2.31. The van der Waals surface area contributed by atoms with Gasteiger partial charge in [0.1, 0.15) is 22.4 Å². The molecule has 0 bridgehead atoms. The van der Waals surface area contributed by atoms with E-state index < -0.39 is 0 Å². The van der Waals surface area contributed by atoms with Gasteiger partial charge in [-0.15, -0.1) is 11.3 Å². The zero-order valence-corrected chi connectivity index (χ0v) is 16.8. The lowest BCUT2D eigenvalue weighted by molar-refractivity contribution is 0.411. The number of nitrogens with zero attached hydrogens (tertiary/aromatic N) is 2. The van der Waals surface area contributed by atoms with Gasteiger partial charge in [0.15, 0.2) is 0 Å². The van der Waals surface area contributed by atoms with Crippen LogP contribution in [0.3, 0.4) is 0 Å². The standard InChI is InChI=1S/C22H21N3O2S/c1-13-4-5-15(10-14(13)2)18-12-28-22(24-18)20-19(26)11-25(21(20)23)16-6-8-17(27-3)9-7-16/h4-10,12,23,26H,11H2,1-3H3. The first kappa shape index (κ1) is 18.3. The van der Waals surface area contributed by atoms with Gasteiger partial charge in [0.25, 0.3) is 0 Å². The normalized spacial score (nSPS) is 14.1. The minimum Gasteiger partial charge on any atom is -0.510 e. The molecule has 1 aliphatic heterocycles. The second kappa shape index (κ2) is 7.13. The largest absolute Gasteiger partial charge is 0.510 e. The highest BCUT2D eigenvalue weighted by atomic mass is 32.1. The second-order valence-corrected chi connectivity index (χ2v) is 7.65. The summed E-state index contributed by atoms with van der Waals surface area (Å²) in [7, 11) is 1.62. The van der Waals surface area contributed by atoms with Crippen molar-refractivity contribution in [1.29, 1.82) is 5.41 Å². The predicted octanol–water partition coefficient (Wildman–Crippen LogP) is 5.20. The van der Waals surface area contributed by atoms with E-state index in [0.717, 1.165) is 22.7 Å². The number of hydrogen-bond acceptors (Lipinski definition) is 5. The molecule has 6 heteroatoms. The molecule has 1 aliphatic rings. The molecule has 2 aromatic carbocycles. The van der Waals surface area contributed by atoms with Gasteiger partial charge in [-0.2, -0.15) is 0 Å². The van der Waals surface area contributed by atoms with Gasteiger partial charge in [-0.3, -0.25) is 5.41 Å². The van der Waals surface area contributed by atoms with Crippen LogP contribution in [-0.2, 0) is 0 Å². The Hall–Kier alpha value is -3.12. The Kier molecular flexibility index (Phi) is 4.65. The minimum atomic E-state index is 0.168. The van der Waals surface area contributed by atoms with E-state index in [-0.39, 0.29) is 18.1 Å². The van der Waals surface area contributed by atoms with Gasteiger partial charge in [-0.05, 0) is 55.3 Å². The summed E-state index contributed by atoms with van der Waals surface area (Å²) in [5, 5.41) is 21.8. The van der Waals surface area contributed by atoms with E-state index in [1.54, 1.807) is 12.0 Å². The quantitative estimate of drug-likeness (QED) is 0.641. The third-order valence-corrected chi connectivity index (χ3v) is 5.87. The number of hydrogen-bond donors (Lipinski definition) is 2. The highest BCUT2D eigenvalue weighted by molar-refractivity contribution is 7.11. The number of rotatable bonds is 4. The maximum absolute atomic E-state index is 10.5. The van der Waals surface area contributed by atoms with Crippen LogP contribution in [0.5, 0.6) is 5.75 Å². The molecule has 5 nitrogen and oxygen atoms in total. The van der Waals surface area contributed by atoms with Crippen molar-refractivity contribution in [2.45, 2.75) is 13.8 Å². The van der Waals surface area contributed by atoms with Crippen LogP contribution in [0, 0.1) is 19.3 Å². The molecule has 142 valence electrons. The summed E-state index contributed by atoms with van der Waals surface area (Å²) in [5.74, 6) is 1.18. The monoisotopic (exact) mass is 391 g/mol. The van der Waals surface area contributed by atoms with Crippen molar-refractivity contribution in [2.75, 3.05) is 18.6 Å². The van der Waals surface area contributed by atoms with Gasteiger partial charge in [0, 0.05) is 16.6 Å². The molecule has 0 fully saturated rings. The first-order chi connectivity index (χ1) is 13.5. The van der Waals surface area contributed by atoms with Crippen LogP contribution in [0.4, 0.5) is 5.69 Å². The van der Waals surface area contributed by atoms with Crippen molar-refractivity contribution in [3.05, 3.63) is 69.7 Å². The predicted molar refractivity (Wildman–Crippen MR) is 115 cm³/mol. The lowest BCUT2D eigenvalue weighted by Crippen LogP contribution is -2.25. The van der Waals surface area contributed by atoms with Crippen LogP contribution in [0.1, 0.15) is 16.1 Å². The molecule has 2 heterocycles. The van der Waals surface area contributed by atoms with Gasteiger partial charge >= 0.3 is 0 Å². The fourth-order valence-corrected chi connectivity index (χ4v) is 4.10. The topological polar surface area (TPSA) is 69.4 Å². The molecule has 0 saturated heterocycles. The Balaban J connectivity index is 1.62. The summed E-state index contributed by atoms with van der Waals surface area (Å²) in [6.45, 7) is 4.43. The van der Waals surface area contributed by atoms with Crippen LogP contribution in [0.25, 0.3) is 16.8 Å². The Morgan fingerprint density at radius 2 is 1.86 bits per heavy atom. The fraction of sp³-hybridized carbons (Fsp3) is 0.182. The molecule has 0 aliphatic carbocycles. The Bertz CT molecular complexity index is 1080. The third kappa shape index (κ3) is 3.16. The average Bonchev–Trinajstić information content (AvgIpc) is 3.28. The number of thiazole rings is 1. The number of amidine groups is 1. The lowest BCUT2D eigenvalue weighted by atomic mass is 10.1. The second-order valence-electron chi connectivity index (χ2n) is 6.79. The maximum atomic E-state index is 10.5. The number of nitrogens with one attached hydrogen (secondary N) is 1. The summed E-state index contributed by atoms with van der Waals surface area (Å²) in [6, 6.07) is 13.7. The van der Waals surface area contributed by atoms with Gasteiger partial charge < -0.3 is 14.7 Å². The first-order valence-electron chi connectivity index (χ1n) is 8.94. The first-order valence-corrected chi connectivity index (χ1v) is 9.82. The number of aromatic nitrogens is 1. The van der Waals surface area contributed by atoms with E-state index in [1.165, 1.54) is 22.5 Å².